The number of nitro benzene ring substituents is 2. The largest absolute Gasteiger partial charge is 0.494 e. The van der Waals surface area contributed by atoms with Gasteiger partial charge in [-0.3, -0.25) is 25.0 Å². The van der Waals surface area contributed by atoms with Gasteiger partial charge in [0, 0.05) is 18.2 Å². The molecular weight excluding hydrogens is 342 g/mol. The summed E-state index contributed by atoms with van der Waals surface area (Å²) in [6, 6.07) is 7.82. The van der Waals surface area contributed by atoms with Gasteiger partial charge in [-0.25, -0.2) is 8.42 Å². The molecule has 24 heavy (non-hydrogen) atoms. The molecule has 0 bridgehead atoms. The van der Waals surface area contributed by atoms with E-state index in [1.165, 1.54) is 25.3 Å². The van der Waals surface area contributed by atoms with Crippen LogP contribution in [0.15, 0.2) is 47.4 Å². The van der Waals surface area contributed by atoms with Crippen molar-refractivity contribution < 1.29 is 23.0 Å². The highest BCUT2D eigenvalue weighted by Gasteiger charge is 2.20. The van der Waals surface area contributed by atoms with Crippen LogP contribution >= 0.6 is 0 Å². The minimum Gasteiger partial charge on any atom is -0.494 e. The quantitative estimate of drug-likeness (QED) is 0.620. The number of non-ortho nitro benzene ring substituents is 2. The maximum atomic E-state index is 12.3. The van der Waals surface area contributed by atoms with Crippen molar-refractivity contribution >= 4 is 27.1 Å². The number of sulfonamides is 1. The normalized spacial score (nSPS) is 10.9. The summed E-state index contributed by atoms with van der Waals surface area (Å²) in [5, 5.41) is 21.5. The average molecular weight is 353 g/mol. The Bertz CT molecular complexity index is 912. The molecule has 11 heteroatoms. The van der Waals surface area contributed by atoms with Crippen molar-refractivity contribution in [2.24, 2.45) is 0 Å². The Morgan fingerprint density at radius 1 is 1.00 bits per heavy atom. The Hall–Kier alpha value is -3.21. The van der Waals surface area contributed by atoms with Crippen molar-refractivity contribution in [3.63, 3.8) is 0 Å². The predicted molar refractivity (Wildman–Crippen MR) is 83.6 cm³/mol. The summed E-state index contributed by atoms with van der Waals surface area (Å²) in [6.45, 7) is 0. The highest BCUT2D eigenvalue weighted by molar-refractivity contribution is 7.92. The number of nitro groups is 2. The van der Waals surface area contributed by atoms with Gasteiger partial charge in [0.25, 0.3) is 21.4 Å². The average Bonchev–Trinajstić information content (AvgIpc) is 2.54. The van der Waals surface area contributed by atoms with Crippen molar-refractivity contribution in [3.8, 4) is 5.75 Å². The Morgan fingerprint density at radius 3 is 2.21 bits per heavy atom. The molecule has 0 atom stereocenters. The molecule has 2 rings (SSSR count). The Balaban J connectivity index is 2.41. The van der Waals surface area contributed by atoms with E-state index in [-0.39, 0.29) is 27.7 Å². The van der Waals surface area contributed by atoms with E-state index >= 15 is 0 Å². The summed E-state index contributed by atoms with van der Waals surface area (Å²) in [4.78, 5) is 19.8. The molecule has 0 unspecified atom stereocenters. The lowest BCUT2D eigenvalue weighted by atomic mass is 10.2. The minimum atomic E-state index is -4.14. The topological polar surface area (TPSA) is 142 Å². The molecule has 0 aliphatic heterocycles. The number of hydrogen-bond acceptors (Lipinski definition) is 7. The predicted octanol–water partition coefficient (Wildman–Crippen LogP) is 2.31. The molecule has 0 amide bonds. The number of anilines is 1. The van der Waals surface area contributed by atoms with Crippen LogP contribution in [0, 0.1) is 20.2 Å². The fourth-order valence-corrected chi connectivity index (χ4v) is 2.96. The van der Waals surface area contributed by atoms with E-state index < -0.39 is 19.9 Å². The zero-order chi connectivity index (χ0) is 17.9. The Labute approximate surface area is 136 Å². The number of methoxy groups -OCH3 is 1. The van der Waals surface area contributed by atoms with E-state index in [2.05, 4.69) is 4.72 Å². The summed E-state index contributed by atoms with van der Waals surface area (Å²) < 4.78 is 31.8. The second-order valence-electron chi connectivity index (χ2n) is 4.50. The molecule has 0 saturated heterocycles. The Kier molecular flexibility index (Phi) is 4.64. The number of ether oxygens (including phenoxy) is 1. The molecule has 1 N–H and O–H groups in total. The van der Waals surface area contributed by atoms with Crippen LogP contribution in [0.1, 0.15) is 0 Å². The molecule has 2 aromatic rings. The lowest BCUT2D eigenvalue weighted by molar-refractivity contribution is -0.385. The van der Waals surface area contributed by atoms with E-state index in [9.17, 15) is 28.6 Å². The monoisotopic (exact) mass is 353 g/mol. The zero-order valence-electron chi connectivity index (χ0n) is 12.2. The molecule has 2 aromatic carbocycles. The van der Waals surface area contributed by atoms with Crippen LogP contribution in [0.3, 0.4) is 0 Å². The van der Waals surface area contributed by atoms with E-state index in [1.807, 2.05) is 0 Å². The fraction of sp³-hybridized carbons (Fsp3) is 0.0769. The standard InChI is InChI=1S/C13H11N3O7S/c1-23-13-8-10(16(19)20)5-6-12(13)14-24(21,22)11-4-2-3-9(7-11)15(17)18/h2-8,14H,1H3. The molecule has 0 spiro atoms. The molecule has 0 aliphatic carbocycles. The van der Waals surface area contributed by atoms with Gasteiger partial charge in [0.2, 0.25) is 0 Å². The van der Waals surface area contributed by atoms with Gasteiger partial charge >= 0.3 is 0 Å². The third kappa shape index (κ3) is 3.57. The number of benzene rings is 2. The van der Waals surface area contributed by atoms with Gasteiger partial charge in [-0.15, -0.1) is 0 Å². The first-order valence-electron chi connectivity index (χ1n) is 6.34. The third-order valence-electron chi connectivity index (χ3n) is 2.98. The minimum absolute atomic E-state index is 0.0328. The highest BCUT2D eigenvalue weighted by atomic mass is 32.2. The third-order valence-corrected chi connectivity index (χ3v) is 4.34. The Morgan fingerprint density at radius 2 is 1.62 bits per heavy atom. The lowest BCUT2D eigenvalue weighted by Crippen LogP contribution is -2.14. The molecule has 0 aromatic heterocycles. The van der Waals surface area contributed by atoms with Gasteiger partial charge in [-0.1, -0.05) is 6.07 Å². The lowest BCUT2D eigenvalue weighted by Gasteiger charge is -2.11. The summed E-state index contributed by atoms with van der Waals surface area (Å²) in [6.07, 6.45) is 0. The van der Waals surface area contributed by atoms with Gasteiger partial charge in [0.05, 0.1) is 33.6 Å². The van der Waals surface area contributed by atoms with Gasteiger partial charge < -0.3 is 4.74 Å². The van der Waals surface area contributed by atoms with Gasteiger partial charge in [-0.05, 0) is 12.1 Å². The summed E-state index contributed by atoms with van der Waals surface area (Å²) >= 11 is 0. The summed E-state index contributed by atoms with van der Waals surface area (Å²) in [7, 11) is -2.91. The molecule has 0 saturated carbocycles. The molecular formula is C13H11N3O7S. The van der Waals surface area contributed by atoms with Gasteiger partial charge in [-0.2, -0.15) is 0 Å². The van der Waals surface area contributed by atoms with Crippen LogP contribution in [-0.2, 0) is 10.0 Å². The number of nitrogens with one attached hydrogen (secondary N) is 1. The molecule has 10 nitrogen and oxygen atoms in total. The summed E-state index contributed by atoms with van der Waals surface area (Å²) in [5.41, 5.74) is -0.687. The second-order valence-corrected chi connectivity index (χ2v) is 6.18. The SMILES string of the molecule is COc1cc([N+](=O)[O-])ccc1NS(=O)(=O)c1cccc([N+](=O)[O-])c1. The van der Waals surface area contributed by atoms with Crippen molar-refractivity contribution in [1.82, 2.24) is 0 Å². The van der Waals surface area contributed by atoms with Gasteiger partial charge in [0.1, 0.15) is 5.75 Å². The van der Waals surface area contributed by atoms with Crippen LogP contribution in [0.4, 0.5) is 17.1 Å². The molecule has 126 valence electrons. The number of nitrogens with zero attached hydrogens (tertiary/aromatic N) is 2. The van der Waals surface area contributed by atoms with Crippen LogP contribution < -0.4 is 9.46 Å². The van der Waals surface area contributed by atoms with E-state index in [0.29, 0.717) is 0 Å². The van der Waals surface area contributed by atoms with Gasteiger partial charge in [0.15, 0.2) is 0 Å². The number of hydrogen-bond donors (Lipinski definition) is 1. The van der Waals surface area contributed by atoms with Crippen LogP contribution in [0.25, 0.3) is 0 Å². The smallest absolute Gasteiger partial charge is 0.273 e. The van der Waals surface area contributed by atoms with Crippen LogP contribution in [0.5, 0.6) is 5.75 Å². The van der Waals surface area contributed by atoms with Crippen molar-refractivity contribution in [3.05, 3.63) is 62.7 Å². The first-order valence-corrected chi connectivity index (χ1v) is 7.82. The maximum Gasteiger partial charge on any atom is 0.273 e. The number of rotatable bonds is 6. The fourth-order valence-electron chi connectivity index (χ4n) is 1.85. The van der Waals surface area contributed by atoms with E-state index in [1.54, 1.807) is 0 Å². The molecule has 0 heterocycles. The van der Waals surface area contributed by atoms with Crippen LogP contribution in [-0.4, -0.2) is 25.4 Å². The maximum absolute atomic E-state index is 12.3. The summed E-state index contributed by atoms with van der Waals surface area (Å²) in [5.74, 6) is -0.0572. The highest BCUT2D eigenvalue weighted by Crippen LogP contribution is 2.31. The van der Waals surface area contributed by atoms with E-state index in [4.69, 9.17) is 4.74 Å². The van der Waals surface area contributed by atoms with Crippen molar-refractivity contribution in [1.29, 1.82) is 0 Å². The first-order chi connectivity index (χ1) is 11.2. The zero-order valence-corrected chi connectivity index (χ0v) is 13.0. The second kappa shape index (κ2) is 6.50. The first kappa shape index (κ1) is 17.1. The van der Waals surface area contributed by atoms with Crippen molar-refractivity contribution in [2.45, 2.75) is 4.90 Å². The van der Waals surface area contributed by atoms with E-state index in [0.717, 1.165) is 24.3 Å². The molecule has 0 aliphatic rings. The molecule has 0 radical (unpaired) electrons. The molecule has 0 fully saturated rings. The van der Waals surface area contributed by atoms with Crippen molar-refractivity contribution in [2.75, 3.05) is 11.8 Å². The van der Waals surface area contributed by atoms with Crippen LogP contribution in [0.2, 0.25) is 0 Å².